The quantitative estimate of drug-likeness (QED) is 0.176. The molecule has 2 heterocycles. The number of aryl methyl sites for hydroxylation is 1. The minimum Gasteiger partial charge on any atom is -0.334 e. The lowest BCUT2D eigenvalue weighted by molar-refractivity contribution is 0.420. The summed E-state index contributed by atoms with van der Waals surface area (Å²) in [5, 5.41) is 11.4. The Hall–Kier alpha value is -2.50. The van der Waals surface area contributed by atoms with E-state index < -0.39 is 0 Å². The highest BCUT2D eigenvalue weighted by atomic mass is 32.1. The average Bonchev–Trinajstić information content (AvgIpc) is 3.51. The first-order valence-corrected chi connectivity index (χ1v) is 13.8. The van der Waals surface area contributed by atoms with Crippen LogP contribution in [0, 0.1) is 0 Å². The van der Waals surface area contributed by atoms with Crippen LogP contribution in [0.5, 0.6) is 0 Å². The number of nitrogens with one attached hydrogen (secondary N) is 1. The molecule has 2 aromatic carbocycles. The van der Waals surface area contributed by atoms with Gasteiger partial charge in [0.1, 0.15) is 0 Å². The highest BCUT2D eigenvalue weighted by Gasteiger charge is 2.10. The van der Waals surface area contributed by atoms with Gasteiger partial charge in [-0.25, -0.2) is 0 Å². The van der Waals surface area contributed by atoms with Crippen LogP contribution in [0.3, 0.4) is 0 Å². The van der Waals surface area contributed by atoms with Crippen LogP contribution < -0.4 is 5.32 Å². The fourth-order valence-electron chi connectivity index (χ4n) is 4.39. The van der Waals surface area contributed by atoms with E-state index in [0.717, 1.165) is 37.3 Å². The third-order valence-electron chi connectivity index (χ3n) is 6.35. The molecule has 0 fully saturated rings. The normalized spacial score (nSPS) is 11.4. The van der Waals surface area contributed by atoms with Gasteiger partial charge in [-0.3, -0.25) is 0 Å². The SMILES string of the molecule is CCCCCCCCCCCc1noc(-c2cccc(CNCc3csc4ccccc34)c2)n1. The van der Waals surface area contributed by atoms with Gasteiger partial charge in [-0.05, 0) is 46.5 Å². The second-order valence-electron chi connectivity index (χ2n) is 9.16. The van der Waals surface area contributed by atoms with Crippen molar-refractivity contribution >= 4 is 21.4 Å². The molecule has 4 rings (SSSR count). The third kappa shape index (κ3) is 7.25. The fourth-order valence-corrected chi connectivity index (χ4v) is 5.35. The van der Waals surface area contributed by atoms with E-state index in [0.29, 0.717) is 5.89 Å². The van der Waals surface area contributed by atoms with Crippen molar-refractivity contribution in [3.63, 3.8) is 0 Å². The zero-order valence-corrected chi connectivity index (χ0v) is 21.2. The van der Waals surface area contributed by atoms with Crippen molar-refractivity contribution in [2.75, 3.05) is 0 Å². The van der Waals surface area contributed by atoms with Crippen LogP contribution in [-0.2, 0) is 19.5 Å². The smallest absolute Gasteiger partial charge is 0.257 e. The van der Waals surface area contributed by atoms with E-state index in [1.807, 2.05) is 17.4 Å². The molecular formula is C29H37N3OS. The summed E-state index contributed by atoms with van der Waals surface area (Å²) >= 11 is 1.81. The molecule has 4 nitrogen and oxygen atoms in total. The van der Waals surface area contributed by atoms with E-state index in [-0.39, 0.29) is 0 Å². The molecule has 1 N–H and O–H groups in total. The Morgan fingerprint density at radius 3 is 2.50 bits per heavy atom. The van der Waals surface area contributed by atoms with Crippen molar-refractivity contribution in [2.24, 2.45) is 0 Å². The first-order valence-electron chi connectivity index (χ1n) is 12.9. The number of fused-ring (bicyclic) bond motifs is 1. The van der Waals surface area contributed by atoms with Gasteiger partial charge >= 0.3 is 0 Å². The third-order valence-corrected chi connectivity index (χ3v) is 7.36. The van der Waals surface area contributed by atoms with Crippen LogP contribution in [-0.4, -0.2) is 10.1 Å². The van der Waals surface area contributed by atoms with Gasteiger partial charge in [-0.1, -0.05) is 93.8 Å². The Balaban J connectivity index is 1.20. The minimum absolute atomic E-state index is 0.622. The molecule has 4 aromatic rings. The lowest BCUT2D eigenvalue weighted by Crippen LogP contribution is -2.12. The molecular weight excluding hydrogens is 438 g/mol. The summed E-state index contributed by atoms with van der Waals surface area (Å²) in [5.41, 5.74) is 3.57. The van der Waals surface area contributed by atoms with Gasteiger partial charge in [-0.15, -0.1) is 11.3 Å². The van der Waals surface area contributed by atoms with E-state index in [1.54, 1.807) is 0 Å². The fraction of sp³-hybridized carbons (Fsp3) is 0.448. The lowest BCUT2D eigenvalue weighted by atomic mass is 10.1. The molecule has 0 radical (unpaired) electrons. The predicted molar refractivity (Wildman–Crippen MR) is 143 cm³/mol. The number of thiophene rings is 1. The average molecular weight is 476 g/mol. The number of benzene rings is 2. The Morgan fingerprint density at radius 1 is 0.853 bits per heavy atom. The molecule has 0 saturated heterocycles. The van der Waals surface area contributed by atoms with Crippen LogP contribution >= 0.6 is 11.3 Å². The molecule has 5 heteroatoms. The highest BCUT2D eigenvalue weighted by molar-refractivity contribution is 7.17. The Kier molecular flexibility index (Phi) is 9.71. The van der Waals surface area contributed by atoms with Crippen molar-refractivity contribution in [1.29, 1.82) is 0 Å². The second-order valence-corrected chi connectivity index (χ2v) is 10.1. The maximum atomic E-state index is 5.57. The van der Waals surface area contributed by atoms with Gasteiger partial charge in [0.15, 0.2) is 5.82 Å². The maximum absolute atomic E-state index is 5.57. The number of hydrogen-bond acceptors (Lipinski definition) is 5. The predicted octanol–water partition coefficient (Wildman–Crippen LogP) is 8.31. The monoisotopic (exact) mass is 475 g/mol. The molecule has 180 valence electrons. The molecule has 0 saturated carbocycles. The van der Waals surface area contributed by atoms with Crippen molar-refractivity contribution < 1.29 is 4.52 Å². The van der Waals surface area contributed by atoms with Gasteiger partial charge in [-0.2, -0.15) is 4.98 Å². The highest BCUT2D eigenvalue weighted by Crippen LogP contribution is 2.25. The van der Waals surface area contributed by atoms with Crippen LogP contribution in [0.4, 0.5) is 0 Å². The molecule has 0 bridgehead atoms. The van der Waals surface area contributed by atoms with E-state index in [9.17, 15) is 0 Å². The largest absolute Gasteiger partial charge is 0.334 e. The van der Waals surface area contributed by atoms with Gasteiger partial charge in [0.25, 0.3) is 5.89 Å². The summed E-state index contributed by atoms with van der Waals surface area (Å²) < 4.78 is 6.91. The Labute approximate surface area is 207 Å². The number of nitrogens with zero attached hydrogens (tertiary/aromatic N) is 2. The van der Waals surface area contributed by atoms with Crippen LogP contribution in [0.25, 0.3) is 21.5 Å². The van der Waals surface area contributed by atoms with Gasteiger partial charge in [0.2, 0.25) is 0 Å². The van der Waals surface area contributed by atoms with Gasteiger partial charge in [0.05, 0.1) is 0 Å². The van der Waals surface area contributed by atoms with Crippen LogP contribution in [0.2, 0.25) is 0 Å². The number of unbranched alkanes of at least 4 members (excludes halogenated alkanes) is 8. The van der Waals surface area contributed by atoms with E-state index in [1.165, 1.54) is 72.6 Å². The number of rotatable bonds is 15. The zero-order valence-electron chi connectivity index (χ0n) is 20.4. The molecule has 0 aliphatic rings. The van der Waals surface area contributed by atoms with E-state index in [4.69, 9.17) is 4.52 Å². The summed E-state index contributed by atoms with van der Waals surface area (Å²) in [4.78, 5) is 4.65. The molecule has 0 unspecified atom stereocenters. The lowest BCUT2D eigenvalue weighted by Gasteiger charge is -2.05. The second kappa shape index (κ2) is 13.4. The van der Waals surface area contributed by atoms with Gasteiger partial charge in [0, 0.05) is 29.8 Å². The summed E-state index contributed by atoms with van der Waals surface area (Å²) in [5.74, 6) is 1.45. The van der Waals surface area contributed by atoms with Crippen molar-refractivity contribution in [3.8, 4) is 11.5 Å². The summed E-state index contributed by atoms with van der Waals surface area (Å²) in [6.45, 7) is 3.93. The molecule has 0 amide bonds. The Bertz CT molecular complexity index is 1130. The first kappa shape index (κ1) is 24.6. The van der Waals surface area contributed by atoms with Crippen LogP contribution in [0.15, 0.2) is 58.4 Å². The first-order chi connectivity index (χ1) is 16.8. The number of hydrogen-bond donors (Lipinski definition) is 1. The van der Waals surface area contributed by atoms with E-state index >= 15 is 0 Å². The maximum Gasteiger partial charge on any atom is 0.257 e. The number of aromatic nitrogens is 2. The summed E-state index contributed by atoms with van der Waals surface area (Å²) in [6, 6.07) is 17.0. The minimum atomic E-state index is 0.622. The van der Waals surface area contributed by atoms with Crippen LogP contribution in [0.1, 0.15) is 81.7 Å². The van der Waals surface area contributed by atoms with Crippen molar-refractivity contribution in [2.45, 2.75) is 84.2 Å². The summed E-state index contributed by atoms with van der Waals surface area (Å²) in [6.07, 6.45) is 12.8. The van der Waals surface area contributed by atoms with E-state index in [2.05, 4.69) is 70.2 Å². The van der Waals surface area contributed by atoms with Crippen molar-refractivity contribution in [1.82, 2.24) is 15.5 Å². The van der Waals surface area contributed by atoms with Gasteiger partial charge < -0.3 is 9.84 Å². The molecule has 0 aliphatic carbocycles. The molecule has 0 spiro atoms. The molecule has 34 heavy (non-hydrogen) atoms. The topological polar surface area (TPSA) is 51.0 Å². The molecule has 2 aromatic heterocycles. The standard InChI is InChI=1S/C29H37N3OS/c1-2-3-4-5-6-7-8-9-10-18-28-31-29(33-32-28)24-15-13-14-23(19-24)20-30-21-25-22-34-27-17-12-11-16-26(25)27/h11-17,19,22,30H,2-10,18,20-21H2,1H3. The zero-order chi connectivity index (χ0) is 23.4. The van der Waals surface area contributed by atoms with Crippen molar-refractivity contribution in [3.05, 3.63) is 70.9 Å². The summed E-state index contributed by atoms with van der Waals surface area (Å²) in [7, 11) is 0. The molecule has 0 atom stereocenters. The Morgan fingerprint density at radius 2 is 1.65 bits per heavy atom. The molecule has 0 aliphatic heterocycles.